The molecule has 0 rings (SSSR count). The number of carbonyl (C=O) groups excluding carboxylic acids is 2. The first-order valence-electron chi connectivity index (χ1n) is 27.9. The van der Waals surface area contributed by atoms with Crippen LogP contribution >= 0.6 is 0 Å². The van der Waals surface area contributed by atoms with Gasteiger partial charge >= 0.3 is 0 Å². The van der Waals surface area contributed by atoms with Crippen LogP contribution in [0.5, 0.6) is 0 Å². The summed E-state index contributed by atoms with van der Waals surface area (Å²) in [6.45, 7) is 7.24. The van der Waals surface area contributed by atoms with Crippen molar-refractivity contribution in [3.63, 3.8) is 0 Å². The van der Waals surface area contributed by atoms with Crippen molar-refractivity contribution in [3.8, 4) is 0 Å². The highest BCUT2D eigenvalue weighted by Crippen LogP contribution is 2.38. The minimum Gasteiger partial charge on any atom is -0.370 e. The first kappa shape index (κ1) is 59.4. The van der Waals surface area contributed by atoms with Gasteiger partial charge in [0.05, 0.1) is 0 Å². The van der Waals surface area contributed by atoms with Crippen LogP contribution in [0.15, 0.2) is 24.3 Å². The Morgan fingerprint density at radius 2 is 0.590 bits per heavy atom. The highest BCUT2D eigenvalue weighted by atomic mass is 16.2. The predicted molar refractivity (Wildman–Crippen MR) is 272 cm³/mol. The summed E-state index contributed by atoms with van der Waals surface area (Å²) in [5.41, 5.74) is 5.18. The molecule has 0 aromatic rings. The van der Waals surface area contributed by atoms with E-state index in [1.54, 1.807) is 0 Å². The summed E-state index contributed by atoms with van der Waals surface area (Å²) in [5.74, 6) is -0.136. The quantitative estimate of drug-likeness (QED) is 0.0473. The number of nitrogens with two attached hydrogens (primary N) is 1. The topological polar surface area (TPSA) is 72.2 Å². The molecule has 0 atom stereocenters. The number of carbonyl (C=O) groups is 2. The van der Waals surface area contributed by atoms with E-state index in [0.29, 0.717) is 6.54 Å². The van der Waals surface area contributed by atoms with Crippen LogP contribution in [-0.2, 0) is 9.59 Å². The molecule has 360 valence electrons. The van der Waals surface area contributed by atoms with Crippen molar-refractivity contribution in [2.45, 2.75) is 316 Å². The number of unbranched alkanes of at least 4 members (excludes halogenated alkanes) is 37. The van der Waals surface area contributed by atoms with Gasteiger partial charge in [-0.25, -0.2) is 0 Å². The molecule has 4 nitrogen and oxygen atoms in total. The second kappa shape index (κ2) is 49.4. The molecular weight excluding hydrogens is 745 g/mol. The van der Waals surface area contributed by atoms with E-state index in [1.807, 2.05) is 0 Å². The summed E-state index contributed by atoms with van der Waals surface area (Å²) in [6, 6.07) is 0. The number of rotatable bonds is 51. The van der Waals surface area contributed by atoms with E-state index in [4.69, 9.17) is 5.73 Å². The van der Waals surface area contributed by atoms with E-state index in [9.17, 15) is 9.59 Å². The normalized spacial score (nSPS) is 12.0. The molecule has 0 aliphatic heterocycles. The Hall–Kier alpha value is -1.58. The zero-order valence-electron chi connectivity index (χ0n) is 41.9. The maximum absolute atomic E-state index is 14.1. The lowest BCUT2D eigenvalue weighted by atomic mass is 9.73. The SMILES string of the molecule is CCCCCCCC/C=C\CCCCCCCCC(CCCCCCCC/C=C\CCCCCCCC)(CCCCCCCCCCCCCCCC)C(=O)NCCC(N)=O. The van der Waals surface area contributed by atoms with Gasteiger partial charge in [-0.3, -0.25) is 9.59 Å². The molecule has 0 heterocycles. The Labute approximate surface area is 383 Å². The molecule has 0 radical (unpaired) electrons. The standard InChI is InChI=1S/C57H110N2O2/c1-4-7-10-13-16-19-22-25-28-30-33-36-39-42-45-48-52-57(56(61)59-54-50-55(58)60,51-47-44-41-38-35-32-27-24-21-18-15-12-9-6-3)53-49-46-43-40-37-34-31-29-26-23-20-17-14-11-8-5-2/h25-26,28-29H,4-24,27,30-54H2,1-3H3,(H2,58,60)(H,59,61)/b28-25-,29-26-. The summed E-state index contributed by atoms with van der Waals surface area (Å²) in [7, 11) is 0. The summed E-state index contributed by atoms with van der Waals surface area (Å²) >= 11 is 0. The minimum absolute atomic E-state index is 0.198. The maximum Gasteiger partial charge on any atom is 0.226 e. The molecule has 4 heteroatoms. The molecule has 0 spiro atoms. The maximum atomic E-state index is 14.1. The zero-order chi connectivity index (χ0) is 44.4. The van der Waals surface area contributed by atoms with Gasteiger partial charge in [-0.15, -0.1) is 0 Å². The fraction of sp³-hybridized carbons (Fsp3) is 0.895. The van der Waals surface area contributed by atoms with Gasteiger partial charge in [0.2, 0.25) is 11.8 Å². The zero-order valence-corrected chi connectivity index (χ0v) is 41.9. The van der Waals surface area contributed by atoms with Gasteiger partial charge in [0.15, 0.2) is 0 Å². The van der Waals surface area contributed by atoms with Crippen molar-refractivity contribution in [3.05, 3.63) is 24.3 Å². The molecule has 0 fully saturated rings. The Balaban J connectivity index is 4.88. The van der Waals surface area contributed by atoms with Gasteiger partial charge in [-0.05, 0) is 70.6 Å². The van der Waals surface area contributed by atoms with Crippen LogP contribution in [0.1, 0.15) is 316 Å². The lowest BCUT2D eigenvalue weighted by molar-refractivity contribution is -0.132. The fourth-order valence-corrected chi connectivity index (χ4v) is 9.28. The summed E-state index contributed by atoms with van der Waals surface area (Å²) < 4.78 is 0. The molecule has 61 heavy (non-hydrogen) atoms. The third-order valence-electron chi connectivity index (χ3n) is 13.5. The van der Waals surface area contributed by atoms with E-state index in [2.05, 4.69) is 50.4 Å². The Morgan fingerprint density at radius 3 is 0.836 bits per heavy atom. The van der Waals surface area contributed by atoms with Crippen molar-refractivity contribution in [1.82, 2.24) is 5.32 Å². The van der Waals surface area contributed by atoms with E-state index >= 15 is 0 Å². The average molecular weight is 856 g/mol. The van der Waals surface area contributed by atoms with E-state index < -0.39 is 0 Å². The molecule has 0 aromatic heterocycles. The Morgan fingerprint density at radius 1 is 0.361 bits per heavy atom. The smallest absolute Gasteiger partial charge is 0.226 e. The van der Waals surface area contributed by atoms with Crippen molar-refractivity contribution < 1.29 is 9.59 Å². The number of hydrogen-bond acceptors (Lipinski definition) is 2. The van der Waals surface area contributed by atoms with Crippen molar-refractivity contribution in [2.24, 2.45) is 11.1 Å². The average Bonchev–Trinajstić information content (AvgIpc) is 3.25. The number of allylic oxidation sites excluding steroid dienone is 4. The molecule has 0 aliphatic rings. The van der Waals surface area contributed by atoms with Crippen LogP contribution < -0.4 is 11.1 Å². The lowest BCUT2D eigenvalue weighted by Gasteiger charge is -2.33. The van der Waals surface area contributed by atoms with Crippen molar-refractivity contribution in [2.75, 3.05) is 6.54 Å². The van der Waals surface area contributed by atoms with Gasteiger partial charge < -0.3 is 11.1 Å². The monoisotopic (exact) mass is 855 g/mol. The Kier molecular flexibility index (Phi) is 48.2. The van der Waals surface area contributed by atoms with Crippen molar-refractivity contribution in [1.29, 1.82) is 0 Å². The molecule has 2 amide bonds. The second-order valence-corrected chi connectivity index (χ2v) is 19.5. The molecule has 0 saturated carbocycles. The number of primary amides is 1. The highest BCUT2D eigenvalue weighted by Gasteiger charge is 2.36. The minimum atomic E-state index is -0.334. The fourth-order valence-electron chi connectivity index (χ4n) is 9.28. The van der Waals surface area contributed by atoms with Crippen LogP contribution in [0.4, 0.5) is 0 Å². The molecule has 0 saturated heterocycles. The molecule has 0 bridgehead atoms. The number of amides is 2. The summed E-state index contributed by atoms with van der Waals surface area (Å²) in [5, 5.41) is 3.21. The van der Waals surface area contributed by atoms with E-state index in [1.165, 1.54) is 250 Å². The second-order valence-electron chi connectivity index (χ2n) is 19.5. The van der Waals surface area contributed by atoms with Gasteiger partial charge in [0, 0.05) is 18.4 Å². The highest BCUT2D eigenvalue weighted by molar-refractivity contribution is 5.83. The van der Waals surface area contributed by atoms with Crippen LogP contribution in [0.2, 0.25) is 0 Å². The van der Waals surface area contributed by atoms with Gasteiger partial charge in [0.25, 0.3) is 0 Å². The number of hydrogen-bond donors (Lipinski definition) is 2. The molecule has 0 aliphatic carbocycles. The Bertz CT molecular complexity index is 915. The van der Waals surface area contributed by atoms with Crippen molar-refractivity contribution >= 4 is 11.8 Å². The molecule has 0 unspecified atom stereocenters. The summed E-state index contributed by atoms with van der Waals surface area (Å²) in [4.78, 5) is 25.7. The van der Waals surface area contributed by atoms with Gasteiger partial charge in [-0.1, -0.05) is 263 Å². The van der Waals surface area contributed by atoms with Gasteiger partial charge in [0.1, 0.15) is 0 Å². The number of nitrogens with one attached hydrogen (secondary N) is 1. The largest absolute Gasteiger partial charge is 0.370 e. The molecular formula is C57H110N2O2. The first-order valence-corrected chi connectivity index (χ1v) is 27.9. The van der Waals surface area contributed by atoms with Gasteiger partial charge in [-0.2, -0.15) is 0 Å². The van der Waals surface area contributed by atoms with Crippen LogP contribution in [0.25, 0.3) is 0 Å². The molecule has 0 aromatic carbocycles. The lowest BCUT2D eigenvalue weighted by Crippen LogP contribution is -2.42. The first-order chi connectivity index (χ1) is 30.0. The van der Waals surface area contributed by atoms with Crippen LogP contribution in [-0.4, -0.2) is 18.4 Å². The van der Waals surface area contributed by atoms with Crippen LogP contribution in [0, 0.1) is 5.41 Å². The third-order valence-corrected chi connectivity index (χ3v) is 13.5. The predicted octanol–water partition coefficient (Wildman–Crippen LogP) is 18.7. The third kappa shape index (κ3) is 43.5. The molecule has 3 N–H and O–H groups in total. The van der Waals surface area contributed by atoms with E-state index in [-0.39, 0.29) is 23.7 Å². The summed E-state index contributed by atoms with van der Waals surface area (Å²) in [6.07, 6.45) is 68.4. The van der Waals surface area contributed by atoms with E-state index in [0.717, 1.165) is 38.5 Å². The van der Waals surface area contributed by atoms with Crippen LogP contribution in [0.3, 0.4) is 0 Å².